The molecule has 1 amide bonds. The predicted octanol–water partition coefficient (Wildman–Crippen LogP) is 5.52. The van der Waals surface area contributed by atoms with Crippen LogP contribution in [-0.4, -0.2) is 28.4 Å². The van der Waals surface area contributed by atoms with Gasteiger partial charge in [-0.05, 0) is 60.8 Å². The fourth-order valence-electron chi connectivity index (χ4n) is 3.77. The average Bonchev–Trinajstić information content (AvgIpc) is 3.53. The number of ether oxygens (including phenoxy) is 1. The fourth-order valence-corrected chi connectivity index (χ4v) is 5.61. The molecule has 0 saturated carbocycles. The Morgan fingerprint density at radius 2 is 1.97 bits per heavy atom. The summed E-state index contributed by atoms with van der Waals surface area (Å²) in [7, 11) is 0. The van der Waals surface area contributed by atoms with Gasteiger partial charge in [-0.25, -0.2) is 9.37 Å². The molecule has 1 aliphatic rings. The fraction of sp³-hybridized carbons (Fsp3) is 0.125. The van der Waals surface area contributed by atoms with Crippen molar-refractivity contribution in [3.05, 3.63) is 81.8 Å². The number of Topliss-reactive ketones (excluding diaryl/α,β-unsaturated/α-hetero) is 1. The van der Waals surface area contributed by atoms with Gasteiger partial charge in [0.05, 0.1) is 22.4 Å². The van der Waals surface area contributed by atoms with Crippen LogP contribution in [0.1, 0.15) is 23.4 Å². The number of anilines is 1. The average molecular weight is 481 g/mol. The van der Waals surface area contributed by atoms with Crippen LogP contribution in [0.5, 0.6) is 5.75 Å². The first-order valence-electron chi connectivity index (χ1n) is 10.1. The SMILES string of the molecule is CCOc1ccc(/C(O)=C2\C(=O)C(=O)N(c3nc4ccc(F)cc4s3)C2c2cccs2)cc1. The van der Waals surface area contributed by atoms with Crippen LogP contribution in [0.2, 0.25) is 0 Å². The zero-order chi connectivity index (χ0) is 23.1. The number of rotatable bonds is 5. The molecule has 0 radical (unpaired) electrons. The second kappa shape index (κ2) is 8.42. The monoisotopic (exact) mass is 480 g/mol. The van der Waals surface area contributed by atoms with Crippen molar-refractivity contribution in [1.82, 2.24) is 4.98 Å². The van der Waals surface area contributed by atoms with Gasteiger partial charge in [-0.1, -0.05) is 17.4 Å². The van der Waals surface area contributed by atoms with E-state index in [0.717, 1.165) is 11.3 Å². The Bertz CT molecular complexity index is 1390. The summed E-state index contributed by atoms with van der Waals surface area (Å²) in [4.78, 5) is 32.7. The van der Waals surface area contributed by atoms with Crippen molar-refractivity contribution in [2.24, 2.45) is 0 Å². The van der Waals surface area contributed by atoms with Gasteiger partial charge in [-0.2, -0.15) is 0 Å². The Morgan fingerprint density at radius 1 is 1.18 bits per heavy atom. The van der Waals surface area contributed by atoms with Crippen LogP contribution in [0.15, 0.2) is 65.6 Å². The number of carbonyl (C=O) groups is 2. The highest BCUT2D eigenvalue weighted by molar-refractivity contribution is 7.22. The molecule has 4 aromatic rings. The summed E-state index contributed by atoms with van der Waals surface area (Å²) >= 11 is 2.48. The van der Waals surface area contributed by atoms with Gasteiger partial charge in [0.1, 0.15) is 23.4 Å². The van der Waals surface area contributed by atoms with Crippen molar-refractivity contribution in [1.29, 1.82) is 0 Å². The molecule has 2 aromatic heterocycles. The Morgan fingerprint density at radius 3 is 2.67 bits per heavy atom. The van der Waals surface area contributed by atoms with Crippen LogP contribution in [-0.2, 0) is 9.59 Å². The van der Waals surface area contributed by atoms with Crippen molar-refractivity contribution in [3.63, 3.8) is 0 Å². The number of hydrogen-bond acceptors (Lipinski definition) is 7. The number of fused-ring (bicyclic) bond motifs is 1. The first-order valence-corrected chi connectivity index (χ1v) is 11.8. The number of thiophene rings is 1. The molecule has 0 aliphatic carbocycles. The lowest BCUT2D eigenvalue weighted by Gasteiger charge is -2.21. The van der Waals surface area contributed by atoms with Crippen molar-refractivity contribution in [3.8, 4) is 5.75 Å². The van der Waals surface area contributed by atoms with Crippen LogP contribution in [0, 0.1) is 5.82 Å². The minimum atomic E-state index is -0.845. The quantitative estimate of drug-likeness (QED) is 0.231. The molecule has 33 heavy (non-hydrogen) atoms. The number of benzene rings is 2. The van der Waals surface area contributed by atoms with Crippen LogP contribution in [0.25, 0.3) is 16.0 Å². The Kier molecular flexibility index (Phi) is 5.43. The third kappa shape index (κ3) is 3.69. The van der Waals surface area contributed by atoms with E-state index >= 15 is 0 Å². The Balaban J connectivity index is 1.65. The molecule has 1 saturated heterocycles. The Labute approximate surface area is 196 Å². The Hall–Kier alpha value is -3.56. The standard InChI is InChI=1S/C24H17FN2O4S2/c1-2-31-15-8-5-13(6-9-15)21(28)19-20(17-4-3-11-32-17)27(23(30)22(19)29)24-26-16-10-7-14(25)12-18(16)33-24/h3-12,20,28H,2H2,1H3/b21-19+. The topological polar surface area (TPSA) is 79.7 Å². The zero-order valence-electron chi connectivity index (χ0n) is 17.3. The number of thiazole rings is 1. The number of aliphatic hydroxyl groups excluding tert-OH is 1. The van der Waals surface area contributed by atoms with E-state index < -0.39 is 23.5 Å². The van der Waals surface area contributed by atoms with Crippen LogP contribution >= 0.6 is 22.7 Å². The number of nitrogens with zero attached hydrogens (tertiary/aromatic N) is 2. The summed E-state index contributed by atoms with van der Waals surface area (Å²) in [6, 6.07) is 13.6. The highest BCUT2D eigenvalue weighted by Gasteiger charge is 2.48. The van der Waals surface area contributed by atoms with Crippen molar-refractivity contribution >= 4 is 55.5 Å². The molecule has 0 bridgehead atoms. The summed E-state index contributed by atoms with van der Waals surface area (Å²) in [6.45, 7) is 2.37. The number of amides is 1. The summed E-state index contributed by atoms with van der Waals surface area (Å²) < 4.78 is 19.7. The molecule has 2 aromatic carbocycles. The molecule has 1 N–H and O–H groups in total. The summed E-state index contributed by atoms with van der Waals surface area (Å²) in [5.41, 5.74) is 0.899. The third-order valence-electron chi connectivity index (χ3n) is 5.24. The van der Waals surface area contributed by atoms with E-state index in [9.17, 15) is 19.1 Å². The number of hydrogen-bond donors (Lipinski definition) is 1. The molecule has 166 valence electrons. The van der Waals surface area contributed by atoms with E-state index in [1.807, 2.05) is 18.4 Å². The number of aliphatic hydroxyl groups is 1. The zero-order valence-corrected chi connectivity index (χ0v) is 19.0. The van der Waals surface area contributed by atoms with Crippen molar-refractivity contribution in [2.75, 3.05) is 11.5 Å². The highest BCUT2D eigenvalue weighted by Crippen LogP contribution is 2.45. The molecule has 1 aliphatic heterocycles. The first kappa shape index (κ1) is 21.3. The van der Waals surface area contributed by atoms with Gasteiger partial charge >= 0.3 is 5.91 Å². The lowest BCUT2D eigenvalue weighted by Crippen LogP contribution is -2.28. The van der Waals surface area contributed by atoms with Gasteiger partial charge in [0.15, 0.2) is 5.13 Å². The maximum absolute atomic E-state index is 13.7. The molecular weight excluding hydrogens is 463 g/mol. The molecule has 3 heterocycles. The third-order valence-corrected chi connectivity index (χ3v) is 7.18. The number of ketones is 1. The van der Waals surface area contributed by atoms with Gasteiger partial charge in [-0.15, -0.1) is 11.3 Å². The highest BCUT2D eigenvalue weighted by atomic mass is 32.1. The molecule has 1 atom stereocenters. The van der Waals surface area contributed by atoms with E-state index in [-0.39, 0.29) is 16.5 Å². The normalized spacial score (nSPS) is 17.8. The van der Waals surface area contributed by atoms with Gasteiger partial charge in [0.2, 0.25) is 0 Å². The predicted molar refractivity (Wildman–Crippen MR) is 126 cm³/mol. The maximum atomic E-state index is 13.7. The largest absolute Gasteiger partial charge is 0.507 e. The molecule has 0 spiro atoms. The smallest absolute Gasteiger partial charge is 0.301 e. The summed E-state index contributed by atoms with van der Waals surface area (Å²) in [6.07, 6.45) is 0. The van der Waals surface area contributed by atoms with E-state index in [0.29, 0.717) is 33.0 Å². The number of halogens is 1. The van der Waals surface area contributed by atoms with Crippen molar-refractivity contribution < 1.29 is 23.8 Å². The van der Waals surface area contributed by atoms with Crippen LogP contribution in [0.3, 0.4) is 0 Å². The van der Waals surface area contributed by atoms with E-state index in [4.69, 9.17) is 4.74 Å². The number of aromatic nitrogens is 1. The number of carbonyl (C=O) groups excluding carboxylic acids is 2. The van der Waals surface area contributed by atoms with E-state index in [1.54, 1.807) is 30.3 Å². The van der Waals surface area contributed by atoms with E-state index in [1.165, 1.54) is 34.4 Å². The van der Waals surface area contributed by atoms with Gasteiger partial charge < -0.3 is 9.84 Å². The second-order valence-electron chi connectivity index (χ2n) is 7.25. The van der Waals surface area contributed by atoms with Crippen molar-refractivity contribution in [2.45, 2.75) is 13.0 Å². The van der Waals surface area contributed by atoms with Gasteiger partial charge in [-0.3, -0.25) is 14.5 Å². The lowest BCUT2D eigenvalue weighted by molar-refractivity contribution is -0.132. The minimum Gasteiger partial charge on any atom is -0.507 e. The molecule has 1 unspecified atom stereocenters. The van der Waals surface area contributed by atoms with Gasteiger partial charge in [0.25, 0.3) is 5.78 Å². The summed E-state index contributed by atoms with van der Waals surface area (Å²) in [5.74, 6) is -1.65. The maximum Gasteiger partial charge on any atom is 0.301 e. The first-order chi connectivity index (χ1) is 16.0. The molecule has 6 nitrogen and oxygen atoms in total. The molecule has 9 heteroatoms. The van der Waals surface area contributed by atoms with Gasteiger partial charge in [0, 0.05) is 10.4 Å². The lowest BCUT2D eigenvalue weighted by atomic mass is 10.00. The molecular formula is C24H17FN2O4S2. The second-order valence-corrected chi connectivity index (χ2v) is 9.24. The molecule has 1 fully saturated rings. The summed E-state index contributed by atoms with van der Waals surface area (Å²) in [5, 5.41) is 13.2. The van der Waals surface area contributed by atoms with Crippen LogP contribution < -0.4 is 9.64 Å². The minimum absolute atomic E-state index is 0.0166. The van der Waals surface area contributed by atoms with E-state index in [2.05, 4.69) is 4.98 Å². The van der Waals surface area contributed by atoms with Crippen LogP contribution in [0.4, 0.5) is 9.52 Å². The molecule has 5 rings (SSSR count).